The minimum atomic E-state index is -3.92. The molecule has 10 heteroatoms. The van der Waals surface area contributed by atoms with E-state index in [9.17, 15) is 23.3 Å². The second-order valence-electron chi connectivity index (χ2n) is 8.12. The lowest BCUT2D eigenvalue weighted by Gasteiger charge is -2.14. The fourth-order valence-corrected chi connectivity index (χ4v) is 4.03. The quantitative estimate of drug-likeness (QED) is 0.205. The highest BCUT2D eigenvalue weighted by atomic mass is 32.2. The van der Waals surface area contributed by atoms with Crippen molar-refractivity contribution in [3.8, 4) is 5.88 Å². The van der Waals surface area contributed by atoms with Crippen molar-refractivity contribution in [2.75, 3.05) is 5.75 Å². The summed E-state index contributed by atoms with van der Waals surface area (Å²) in [4.78, 5) is 24.9. The third-order valence-electron chi connectivity index (χ3n) is 5.60. The molecule has 0 unspecified atom stereocenters. The maximum absolute atomic E-state index is 13.7. The van der Waals surface area contributed by atoms with Crippen LogP contribution in [0.3, 0.4) is 0 Å². The number of aromatic nitrogens is 2. The molecular weight excluding hydrogens is 446 g/mol. The number of hydrogen-bond acceptors (Lipinski definition) is 7. The lowest BCUT2D eigenvalue weighted by atomic mass is 9.90. The molecule has 0 aliphatic rings. The number of nitro benzene ring substituents is 1. The van der Waals surface area contributed by atoms with Gasteiger partial charge in [0.1, 0.15) is 5.56 Å². The number of rotatable bonds is 10. The molecule has 0 radical (unpaired) electrons. The number of carbonyl (C=O) groups is 1. The number of nitro groups is 1. The molecule has 0 aliphatic carbocycles. The van der Waals surface area contributed by atoms with Gasteiger partial charge in [0.15, 0.2) is 0 Å². The van der Waals surface area contributed by atoms with Crippen molar-refractivity contribution in [1.29, 1.82) is 0 Å². The van der Waals surface area contributed by atoms with Crippen molar-refractivity contribution < 1.29 is 22.3 Å². The minimum Gasteiger partial charge on any atom is -0.361 e. The van der Waals surface area contributed by atoms with E-state index < -0.39 is 20.8 Å². The molecule has 2 rings (SSSR count). The molecular formula is C23H31N3O6S. The zero-order valence-electron chi connectivity index (χ0n) is 20.2. The minimum absolute atomic E-state index is 0.0425. The Morgan fingerprint density at radius 3 is 2.30 bits per heavy atom. The van der Waals surface area contributed by atoms with Crippen LogP contribution in [0.2, 0.25) is 0 Å². The van der Waals surface area contributed by atoms with Crippen LogP contribution in [0.15, 0.2) is 17.7 Å². The Hall–Kier alpha value is -3.01. The van der Waals surface area contributed by atoms with Crippen LogP contribution >= 0.6 is 0 Å². The van der Waals surface area contributed by atoms with Crippen LogP contribution in [-0.2, 0) is 16.7 Å². The van der Waals surface area contributed by atoms with Crippen molar-refractivity contribution >= 4 is 27.2 Å². The van der Waals surface area contributed by atoms with Crippen LogP contribution in [0.4, 0.5) is 5.69 Å². The van der Waals surface area contributed by atoms with Gasteiger partial charge in [0.25, 0.3) is 5.69 Å². The van der Waals surface area contributed by atoms with E-state index in [0.29, 0.717) is 28.9 Å². The van der Waals surface area contributed by atoms with E-state index in [0.717, 1.165) is 18.4 Å². The van der Waals surface area contributed by atoms with Gasteiger partial charge in [-0.05, 0) is 65.2 Å². The monoisotopic (exact) mass is 477 g/mol. The standard InChI is InChI=1S/C23H31N3O6S/c1-8-10-13-25-23(32-33(30,31)9-2)21(17(7)24-25)22(27)18-11-12-19(26(28)29)20(16(18)6)15(5)14(3)4/h11-12H,8-10,13H2,1-7H3. The van der Waals surface area contributed by atoms with Gasteiger partial charge in [0.2, 0.25) is 11.7 Å². The average molecular weight is 478 g/mol. The molecule has 0 spiro atoms. The number of unbranched alkanes of at least 4 members (excludes halogenated alkanes) is 1. The molecule has 2 aromatic rings. The summed E-state index contributed by atoms with van der Waals surface area (Å²) in [7, 11) is -3.92. The molecule has 1 heterocycles. The molecule has 9 nitrogen and oxygen atoms in total. The second-order valence-corrected chi connectivity index (χ2v) is 9.97. The largest absolute Gasteiger partial charge is 0.361 e. The SMILES string of the molecule is CCCCn1nc(C)c(C(=O)c2ccc([N+](=O)[O-])c(C(C)=C(C)C)c2C)c1OS(=O)(=O)CC. The second kappa shape index (κ2) is 10.3. The summed E-state index contributed by atoms with van der Waals surface area (Å²) in [5.41, 5.74) is 2.91. The summed E-state index contributed by atoms with van der Waals surface area (Å²) in [5.74, 6) is -0.878. The summed E-state index contributed by atoms with van der Waals surface area (Å²) in [5, 5.41) is 16.0. The third-order valence-corrected chi connectivity index (χ3v) is 6.72. The zero-order chi connectivity index (χ0) is 25.1. The van der Waals surface area contributed by atoms with Gasteiger partial charge in [-0.1, -0.05) is 18.9 Å². The van der Waals surface area contributed by atoms with Gasteiger partial charge in [-0.2, -0.15) is 13.5 Å². The van der Waals surface area contributed by atoms with Crippen molar-refractivity contribution in [2.24, 2.45) is 0 Å². The van der Waals surface area contributed by atoms with E-state index >= 15 is 0 Å². The molecule has 0 fully saturated rings. The zero-order valence-corrected chi connectivity index (χ0v) is 21.0. The Balaban J connectivity index is 2.78. The number of hydrogen-bond donors (Lipinski definition) is 0. The van der Waals surface area contributed by atoms with Gasteiger partial charge in [0.05, 0.1) is 21.9 Å². The summed E-state index contributed by atoms with van der Waals surface area (Å²) < 4.78 is 31.3. The fraction of sp³-hybridized carbons (Fsp3) is 0.478. The predicted molar refractivity (Wildman–Crippen MR) is 127 cm³/mol. The van der Waals surface area contributed by atoms with Gasteiger partial charge in [-0.25, -0.2) is 4.68 Å². The lowest BCUT2D eigenvalue weighted by Crippen LogP contribution is -2.17. The van der Waals surface area contributed by atoms with Crippen LogP contribution in [0.5, 0.6) is 5.88 Å². The summed E-state index contributed by atoms with van der Waals surface area (Å²) in [6, 6.07) is 2.71. The van der Waals surface area contributed by atoms with Crippen molar-refractivity contribution in [3.05, 3.63) is 55.8 Å². The molecule has 0 bridgehead atoms. The number of nitrogens with zero attached hydrogens (tertiary/aromatic N) is 3. The first-order valence-corrected chi connectivity index (χ1v) is 12.4. The molecule has 1 aromatic carbocycles. The van der Waals surface area contributed by atoms with Crippen molar-refractivity contribution in [3.63, 3.8) is 0 Å². The van der Waals surface area contributed by atoms with Crippen LogP contribution in [0, 0.1) is 24.0 Å². The Morgan fingerprint density at radius 1 is 1.15 bits per heavy atom. The lowest BCUT2D eigenvalue weighted by molar-refractivity contribution is -0.385. The van der Waals surface area contributed by atoms with E-state index in [1.165, 1.54) is 23.7 Å². The maximum atomic E-state index is 13.7. The Kier molecular flexibility index (Phi) is 8.18. The number of aryl methyl sites for hydroxylation is 2. The highest BCUT2D eigenvalue weighted by molar-refractivity contribution is 7.87. The van der Waals surface area contributed by atoms with Gasteiger partial charge in [-0.3, -0.25) is 14.9 Å². The average Bonchev–Trinajstić information content (AvgIpc) is 3.04. The smallest absolute Gasteiger partial charge is 0.310 e. The normalized spacial score (nSPS) is 11.4. The van der Waals surface area contributed by atoms with E-state index in [1.54, 1.807) is 20.8 Å². The molecule has 0 atom stereocenters. The molecule has 0 N–H and O–H groups in total. The molecule has 1 aromatic heterocycles. The van der Waals surface area contributed by atoms with Gasteiger partial charge in [-0.15, -0.1) is 0 Å². The van der Waals surface area contributed by atoms with Crippen LogP contribution < -0.4 is 4.18 Å². The Labute approximate surface area is 194 Å². The maximum Gasteiger partial charge on any atom is 0.310 e. The molecule has 0 saturated carbocycles. The first-order valence-electron chi connectivity index (χ1n) is 10.8. The number of ketones is 1. The van der Waals surface area contributed by atoms with Crippen molar-refractivity contribution in [2.45, 2.75) is 67.9 Å². The first kappa shape index (κ1) is 26.2. The van der Waals surface area contributed by atoms with E-state index in [2.05, 4.69) is 5.10 Å². The summed E-state index contributed by atoms with van der Waals surface area (Å²) in [6.45, 7) is 12.6. The van der Waals surface area contributed by atoms with Gasteiger partial charge in [0, 0.05) is 18.2 Å². The third kappa shape index (κ3) is 5.50. The van der Waals surface area contributed by atoms with Crippen LogP contribution in [-0.4, -0.2) is 34.7 Å². The summed E-state index contributed by atoms with van der Waals surface area (Å²) in [6.07, 6.45) is 1.56. The molecule has 0 aliphatic heterocycles. The Bertz CT molecular complexity index is 1220. The topological polar surface area (TPSA) is 121 Å². The van der Waals surface area contributed by atoms with Crippen molar-refractivity contribution in [1.82, 2.24) is 9.78 Å². The first-order chi connectivity index (χ1) is 15.4. The number of allylic oxidation sites excluding steroid dienone is 2. The van der Waals surface area contributed by atoms with Crippen LogP contribution in [0.25, 0.3) is 5.57 Å². The van der Waals surface area contributed by atoms with Gasteiger partial charge >= 0.3 is 10.1 Å². The molecule has 0 saturated heterocycles. The predicted octanol–water partition coefficient (Wildman–Crippen LogP) is 4.98. The summed E-state index contributed by atoms with van der Waals surface area (Å²) >= 11 is 0. The fourth-order valence-electron chi connectivity index (χ4n) is 3.50. The molecule has 180 valence electrons. The molecule has 33 heavy (non-hydrogen) atoms. The highest BCUT2D eigenvalue weighted by Gasteiger charge is 2.30. The van der Waals surface area contributed by atoms with E-state index in [1.807, 2.05) is 20.8 Å². The highest BCUT2D eigenvalue weighted by Crippen LogP contribution is 2.35. The number of carbonyl (C=O) groups excluding carboxylic acids is 1. The number of benzene rings is 1. The molecule has 0 amide bonds. The Morgan fingerprint density at radius 2 is 1.79 bits per heavy atom. The van der Waals surface area contributed by atoms with Crippen LogP contribution in [0.1, 0.15) is 80.2 Å². The van der Waals surface area contributed by atoms with E-state index in [4.69, 9.17) is 4.18 Å². The van der Waals surface area contributed by atoms with E-state index in [-0.39, 0.29) is 28.4 Å². The van der Waals surface area contributed by atoms with Gasteiger partial charge < -0.3 is 4.18 Å².